The molecule has 5 heteroatoms. The van der Waals surface area contributed by atoms with E-state index in [0.717, 1.165) is 5.82 Å². The second kappa shape index (κ2) is 7.38. The molecule has 1 aliphatic rings. The molecule has 134 valence electrons. The van der Waals surface area contributed by atoms with Crippen molar-refractivity contribution in [1.82, 2.24) is 20.1 Å². The van der Waals surface area contributed by atoms with Crippen LogP contribution in [-0.2, 0) is 10.2 Å². The van der Waals surface area contributed by atoms with E-state index >= 15 is 0 Å². The van der Waals surface area contributed by atoms with E-state index in [0.29, 0.717) is 12.5 Å². The molecular formula is C20H28N4O. The number of amides is 1. The molecule has 0 spiro atoms. The van der Waals surface area contributed by atoms with Gasteiger partial charge >= 0.3 is 0 Å². The summed E-state index contributed by atoms with van der Waals surface area (Å²) in [6, 6.07) is 10.5. The van der Waals surface area contributed by atoms with Gasteiger partial charge in [-0.05, 0) is 30.7 Å². The number of rotatable bonds is 6. The first-order valence-corrected chi connectivity index (χ1v) is 9.21. The van der Waals surface area contributed by atoms with Crippen LogP contribution in [0.2, 0.25) is 0 Å². The zero-order valence-electron chi connectivity index (χ0n) is 15.4. The number of carbonyl (C=O) groups is 1. The summed E-state index contributed by atoms with van der Waals surface area (Å²) in [6.07, 6.45) is 7.11. The standard InChI is InChI=1S/C20H28N4O/c1-15(19-23-21-14-24(19)17-11-7-8-12-17)22-18(25)13-20(2,3)16-9-5-4-6-10-16/h4-6,9-10,14-15,17H,7-8,11-13H2,1-3H3,(H,22,25)/t15-/m0/s1. The van der Waals surface area contributed by atoms with Gasteiger partial charge in [0.1, 0.15) is 6.33 Å². The number of benzene rings is 1. The lowest BCUT2D eigenvalue weighted by Crippen LogP contribution is -2.34. The van der Waals surface area contributed by atoms with Crippen LogP contribution in [0.1, 0.15) is 76.3 Å². The van der Waals surface area contributed by atoms with Crippen LogP contribution in [0.4, 0.5) is 0 Å². The number of nitrogens with zero attached hydrogens (tertiary/aromatic N) is 3. The quantitative estimate of drug-likeness (QED) is 0.866. The Balaban J connectivity index is 1.64. The summed E-state index contributed by atoms with van der Waals surface area (Å²) in [5.74, 6) is 0.903. The van der Waals surface area contributed by atoms with E-state index in [1.807, 2.05) is 31.5 Å². The van der Waals surface area contributed by atoms with Crippen LogP contribution in [-0.4, -0.2) is 20.7 Å². The van der Waals surface area contributed by atoms with Crippen LogP contribution < -0.4 is 5.32 Å². The van der Waals surface area contributed by atoms with E-state index < -0.39 is 0 Å². The zero-order chi connectivity index (χ0) is 17.9. The highest BCUT2D eigenvalue weighted by atomic mass is 16.1. The van der Waals surface area contributed by atoms with Gasteiger partial charge in [-0.15, -0.1) is 10.2 Å². The van der Waals surface area contributed by atoms with Gasteiger partial charge in [-0.25, -0.2) is 0 Å². The Morgan fingerprint density at radius 2 is 1.96 bits per heavy atom. The molecular weight excluding hydrogens is 312 g/mol. The van der Waals surface area contributed by atoms with E-state index in [2.05, 4.69) is 46.1 Å². The maximum absolute atomic E-state index is 12.6. The molecule has 25 heavy (non-hydrogen) atoms. The average molecular weight is 340 g/mol. The van der Waals surface area contributed by atoms with E-state index in [-0.39, 0.29) is 17.4 Å². The molecule has 1 N–H and O–H groups in total. The van der Waals surface area contributed by atoms with Gasteiger partial charge in [0.15, 0.2) is 5.82 Å². The summed E-state index contributed by atoms with van der Waals surface area (Å²) >= 11 is 0. The molecule has 0 bridgehead atoms. The summed E-state index contributed by atoms with van der Waals surface area (Å²) in [5, 5.41) is 11.5. The molecule has 0 unspecified atom stereocenters. The Morgan fingerprint density at radius 1 is 1.28 bits per heavy atom. The third-order valence-corrected chi connectivity index (χ3v) is 5.24. The lowest BCUT2D eigenvalue weighted by molar-refractivity contribution is -0.122. The van der Waals surface area contributed by atoms with Crippen LogP contribution in [0, 0.1) is 0 Å². The Hall–Kier alpha value is -2.17. The Bertz CT molecular complexity index is 701. The molecule has 1 fully saturated rings. The fourth-order valence-corrected chi connectivity index (χ4v) is 3.78. The monoisotopic (exact) mass is 340 g/mol. The predicted octanol–water partition coefficient (Wildman–Crippen LogP) is 3.94. The van der Waals surface area contributed by atoms with Crippen molar-refractivity contribution in [3.8, 4) is 0 Å². The van der Waals surface area contributed by atoms with Gasteiger partial charge < -0.3 is 9.88 Å². The van der Waals surface area contributed by atoms with E-state index in [9.17, 15) is 4.79 Å². The first-order valence-electron chi connectivity index (χ1n) is 9.21. The largest absolute Gasteiger partial charge is 0.346 e. The number of carbonyl (C=O) groups excluding carboxylic acids is 1. The highest BCUT2D eigenvalue weighted by molar-refractivity contribution is 5.77. The van der Waals surface area contributed by atoms with Crippen molar-refractivity contribution in [1.29, 1.82) is 0 Å². The molecule has 1 atom stereocenters. The minimum Gasteiger partial charge on any atom is -0.346 e. The van der Waals surface area contributed by atoms with Crippen LogP contribution >= 0.6 is 0 Å². The van der Waals surface area contributed by atoms with Crippen molar-refractivity contribution in [2.45, 2.75) is 70.4 Å². The van der Waals surface area contributed by atoms with Crippen molar-refractivity contribution < 1.29 is 4.79 Å². The maximum atomic E-state index is 12.6. The molecule has 2 aromatic rings. The lowest BCUT2D eigenvalue weighted by Gasteiger charge is -2.26. The van der Waals surface area contributed by atoms with Crippen LogP contribution in [0.15, 0.2) is 36.7 Å². The molecule has 3 rings (SSSR count). The summed E-state index contributed by atoms with van der Waals surface area (Å²) < 4.78 is 2.15. The van der Waals surface area contributed by atoms with Crippen molar-refractivity contribution in [2.24, 2.45) is 0 Å². The van der Waals surface area contributed by atoms with Gasteiger partial charge in [0.2, 0.25) is 5.91 Å². The first kappa shape index (κ1) is 17.6. The predicted molar refractivity (Wildman–Crippen MR) is 98.2 cm³/mol. The Kier molecular flexibility index (Phi) is 5.21. The summed E-state index contributed by atoms with van der Waals surface area (Å²) in [5.41, 5.74) is 0.969. The minimum absolute atomic E-state index is 0.0438. The first-order chi connectivity index (χ1) is 12.0. The maximum Gasteiger partial charge on any atom is 0.221 e. The highest BCUT2D eigenvalue weighted by Crippen LogP contribution is 2.31. The average Bonchev–Trinajstić information content (AvgIpc) is 3.26. The smallest absolute Gasteiger partial charge is 0.221 e. The second-order valence-corrected chi connectivity index (χ2v) is 7.75. The van der Waals surface area contributed by atoms with Gasteiger partial charge in [-0.1, -0.05) is 57.0 Å². The van der Waals surface area contributed by atoms with E-state index in [1.54, 1.807) is 0 Å². The molecule has 0 radical (unpaired) electrons. The zero-order valence-corrected chi connectivity index (χ0v) is 15.4. The molecule has 1 aromatic heterocycles. The van der Waals surface area contributed by atoms with Gasteiger partial charge in [-0.3, -0.25) is 4.79 Å². The molecule has 1 amide bonds. The highest BCUT2D eigenvalue weighted by Gasteiger charge is 2.27. The molecule has 1 saturated carbocycles. The molecule has 1 heterocycles. The molecule has 0 aliphatic heterocycles. The van der Waals surface area contributed by atoms with Crippen LogP contribution in [0.5, 0.6) is 0 Å². The third-order valence-electron chi connectivity index (χ3n) is 5.24. The van der Waals surface area contributed by atoms with Crippen molar-refractivity contribution >= 4 is 5.91 Å². The van der Waals surface area contributed by atoms with Crippen molar-refractivity contribution in [3.05, 3.63) is 48.0 Å². The molecule has 5 nitrogen and oxygen atoms in total. The van der Waals surface area contributed by atoms with Crippen LogP contribution in [0.25, 0.3) is 0 Å². The number of aromatic nitrogens is 3. The van der Waals surface area contributed by atoms with Crippen LogP contribution in [0.3, 0.4) is 0 Å². The third kappa shape index (κ3) is 4.09. The summed E-state index contributed by atoms with van der Waals surface area (Å²) in [4.78, 5) is 12.6. The topological polar surface area (TPSA) is 59.8 Å². The second-order valence-electron chi connectivity index (χ2n) is 7.75. The number of hydrogen-bond donors (Lipinski definition) is 1. The van der Waals surface area contributed by atoms with Gasteiger partial charge in [0.05, 0.1) is 6.04 Å². The minimum atomic E-state index is -0.204. The summed E-state index contributed by atoms with van der Waals surface area (Å²) in [7, 11) is 0. The SMILES string of the molecule is C[C@H](NC(=O)CC(C)(C)c1ccccc1)c1nncn1C1CCCC1. The van der Waals surface area contributed by atoms with Gasteiger partial charge in [0.25, 0.3) is 0 Å². The normalized spacial score (nSPS) is 16.8. The fraction of sp³-hybridized carbons (Fsp3) is 0.550. The number of nitrogens with one attached hydrogen (secondary N) is 1. The Morgan fingerprint density at radius 3 is 2.64 bits per heavy atom. The lowest BCUT2D eigenvalue weighted by atomic mass is 9.81. The number of hydrogen-bond acceptors (Lipinski definition) is 3. The van der Waals surface area contributed by atoms with Gasteiger partial charge in [0, 0.05) is 12.5 Å². The molecule has 1 aliphatic carbocycles. The molecule has 0 saturated heterocycles. The fourth-order valence-electron chi connectivity index (χ4n) is 3.78. The Labute approximate surface area is 149 Å². The van der Waals surface area contributed by atoms with Crippen molar-refractivity contribution in [3.63, 3.8) is 0 Å². The molecule has 1 aromatic carbocycles. The van der Waals surface area contributed by atoms with E-state index in [4.69, 9.17) is 0 Å². The van der Waals surface area contributed by atoms with Gasteiger partial charge in [-0.2, -0.15) is 0 Å². The van der Waals surface area contributed by atoms with E-state index in [1.165, 1.54) is 31.2 Å². The summed E-state index contributed by atoms with van der Waals surface area (Å²) in [6.45, 7) is 6.20. The van der Waals surface area contributed by atoms with Crippen molar-refractivity contribution in [2.75, 3.05) is 0 Å².